The number of benzene rings is 1. The lowest BCUT2D eigenvalue weighted by Crippen LogP contribution is -2.49. The van der Waals surface area contributed by atoms with E-state index in [-0.39, 0.29) is 11.4 Å². The molecule has 0 spiro atoms. The molecule has 100 valence electrons. The van der Waals surface area contributed by atoms with Crippen LogP contribution in [0.15, 0.2) is 22.7 Å². The quantitative estimate of drug-likeness (QED) is 0.712. The van der Waals surface area contributed by atoms with E-state index < -0.39 is 0 Å². The van der Waals surface area contributed by atoms with Crippen LogP contribution in [0.3, 0.4) is 0 Å². The number of amides is 1. The number of rotatable bonds is 5. The van der Waals surface area contributed by atoms with Crippen LogP contribution in [-0.4, -0.2) is 16.8 Å². The Labute approximate surface area is 130 Å². The minimum atomic E-state index is -0.215. The van der Waals surface area contributed by atoms with Gasteiger partial charge in [0.2, 0.25) is 0 Å². The molecule has 0 atom stereocenters. The van der Waals surface area contributed by atoms with Gasteiger partial charge in [0.25, 0.3) is 5.91 Å². The van der Waals surface area contributed by atoms with Gasteiger partial charge in [-0.3, -0.25) is 4.79 Å². The molecule has 1 amide bonds. The minimum Gasteiger partial charge on any atom is -0.346 e. The van der Waals surface area contributed by atoms with Crippen molar-refractivity contribution in [3.63, 3.8) is 0 Å². The summed E-state index contributed by atoms with van der Waals surface area (Å²) >= 11 is 12.9. The molecule has 0 aliphatic rings. The van der Waals surface area contributed by atoms with Gasteiger partial charge in [-0.1, -0.05) is 57.3 Å². The normalized spacial score (nSPS) is 11.4. The minimum absolute atomic E-state index is 0.129. The maximum absolute atomic E-state index is 12.2. The summed E-state index contributed by atoms with van der Waals surface area (Å²) in [5.74, 6) is -0.129. The van der Waals surface area contributed by atoms with E-state index in [1.807, 2.05) is 6.07 Å². The molecule has 1 aromatic carbocycles. The van der Waals surface area contributed by atoms with Crippen molar-refractivity contribution < 1.29 is 4.79 Å². The average Bonchev–Trinajstić information content (AvgIpc) is 2.36. The number of halogens is 3. The summed E-state index contributed by atoms with van der Waals surface area (Å²) in [6.07, 6.45) is 1.74. The topological polar surface area (TPSA) is 29.1 Å². The monoisotopic (exact) mass is 395 g/mol. The van der Waals surface area contributed by atoms with Crippen molar-refractivity contribution in [3.8, 4) is 0 Å². The summed E-state index contributed by atoms with van der Waals surface area (Å²) in [4.78, 5) is 12.2. The molecule has 0 saturated heterocycles. The molecule has 0 unspecified atom stereocenters. The lowest BCUT2D eigenvalue weighted by Gasteiger charge is -2.31. The summed E-state index contributed by atoms with van der Waals surface area (Å²) in [5.41, 5.74) is 0.292. The van der Waals surface area contributed by atoms with E-state index in [4.69, 9.17) is 11.6 Å². The average molecular weight is 398 g/mol. The molecule has 0 aliphatic carbocycles. The lowest BCUT2D eigenvalue weighted by atomic mass is 9.95. The van der Waals surface area contributed by atoms with Crippen LogP contribution in [0.2, 0.25) is 5.02 Å². The molecule has 1 rings (SSSR count). The maximum atomic E-state index is 12.2. The molecular formula is C13H16Br2ClNO. The Balaban J connectivity index is 2.94. The Morgan fingerprint density at radius 3 is 2.44 bits per heavy atom. The maximum Gasteiger partial charge on any atom is 0.253 e. The summed E-state index contributed by atoms with van der Waals surface area (Å²) in [5, 5.41) is 4.26. The third-order valence-electron chi connectivity index (χ3n) is 3.16. The van der Waals surface area contributed by atoms with Gasteiger partial charge in [-0.15, -0.1) is 0 Å². The predicted octanol–water partition coefficient (Wildman–Crippen LogP) is 4.79. The van der Waals surface area contributed by atoms with Crippen molar-refractivity contribution in [2.24, 2.45) is 0 Å². The van der Waals surface area contributed by atoms with Gasteiger partial charge in [0.1, 0.15) is 0 Å². The number of hydrogen-bond acceptors (Lipinski definition) is 1. The van der Waals surface area contributed by atoms with Crippen molar-refractivity contribution in [2.75, 3.05) is 5.33 Å². The Kier molecular flexibility index (Phi) is 6.15. The highest BCUT2D eigenvalue weighted by Gasteiger charge is 2.27. The van der Waals surface area contributed by atoms with Crippen molar-refractivity contribution >= 4 is 49.4 Å². The van der Waals surface area contributed by atoms with E-state index in [0.717, 1.165) is 22.6 Å². The third-order valence-corrected chi connectivity index (χ3v) is 5.04. The second-order valence-corrected chi connectivity index (χ2v) is 6.08. The molecule has 1 N–H and O–H groups in total. The fourth-order valence-electron chi connectivity index (χ4n) is 1.63. The molecule has 0 aromatic heterocycles. The second-order valence-electron chi connectivity index (χ2n) is 4.20. The first-order valence-electron chi connectivity index (χ1n) is 5.81. The fourth-order valence-corrected chi connectivity index (χ4v) is 3.32. The summed E-state index contributed by atoms with van der Waals surface area (Å²) in [6.45, 7) is 4.13. The number of carbonyl (C=O) groups is 1. The van der Waals surface area contributed by atoms with Gasteiger partial charge < -0.3 is 5.32 Å². The lowest BCUT2D eigenvalue weighted by molar-refractivity contribution is 0.0904. The van der Waals surface area contributed by atoms with Crippen LogP contribution < -0.4 is 5.32 Å². The molecular weight excluding hydrogens is 381 g/mol. The van der Waals surface area contributed by atoms with E-state index >= 15 is 0 Å². The van der Waals surface area contributed by atoms with Gasteiger partial charge in [-0.2, -0.15) is 0 Å². The first-order chi connectivity index (χ1) is 8.48. The molecule has 0 fully saturated rings. The van der Waals surface area contributed by atoms with E-state index in [1.54, 1.807) is 12.1 Å². The number of alkyl halides is 1. The summed E-state index contributed by atoms with van der Waals surface area (Å²) in [6, 6.07) is 5.27. The summed E-state index contributed by atoms with van der Waals surface area (Å²) < 4.78 is 0.863. The van der Waals surface area contributed by atoms with Crippen molar-refractivity contribution in [3.05, 3.63) is 33.3 Å². The molecule has 2 nitrogen and oxygen atoms in total. The highest BCUT2D eigenvalue weighted by atomic mass is 79.9. The number of hydrogen-bond donors (Lipinski definition) is 1. The third kappa shape index (κ3) is 3.72. The molecule has 0 saturated carbocycles. The van der Waals surface area contributed by atoms with Crippen LogP contribution in [0.1, 0.15) is 37.0 Å². The molecule has 0 aliphatic heterocycles. The molecule has 0 radical (unpaired) electrons. The Bertz CT molecular complexity index is 425. The zero-order valence-electron chi connectivity index (χ0n) is 10.4. The van der Waals surface area contributed by atoms with Crippen LogP contribution >= 0.6 is 43.5 Å². The standard InChI is InChI=1S/C13H16Br2ClNO/c1-3-13(4-2,8-14)17-12(18)10-6-5-9(15)7-11(10)16/h5-7H,3-4,8H2,1-2H3,(H,17,18). The Hall–Kier alpha value is -0.0600. The predicted molar refractivity (Wildman–Crippen MR) is 83.7 cm³/mol. The fraction of sp³-hybridized carbons (Fsp3) is 0.462. The first kappa shape index (κ1) is 16.0. The molecule has 1 aromatic rings. The van der Waals surface area contributed by atoms with Gasteiger partial charge in [0.05, 0.1) is 10.6 Å². The van der Waals surface area contributed by atoms with Crippen LogP contribution in [0, 0.1) is 0 Å². The van der Waals surface area contributed by atoms with Gasteiger partial charge in [0.15, 0.2) is 0 Å². The zero-order chi connectivity index (χ0) is 13.8. The SMILES string of the molecule is CCC(CC)(CBr)NC(=O)c1ccc(Br)cc1Cl. The highest BCUT2D eigenvalue weighted by molar-refractivity contribution is 9.10. The van der Waals surface area contributed by atoms with Gasteiger partial charge in [0, 0.05) is 15.3 Å². The number of carbonyl (C=O) groups excluding carboxylic acids is 1. The Morgan fingerprint density at radius 1 is 1.39 bits per heavy atom. The molecule has 18 heavy (non-hydrogen) atoms. The Morgan fingerprint density at radius 2 is 2.00 bits per heavy atom. The van der Waals surface area contributed by atoms with Crippen LogP contribution in [0.25, 0.3) is 0 Å². The molecule has 0 heterocycles. The van der Waals surface area contributed by atoms with E-state index in [1.165, 1.54) is 0 Å². The van der Waals surface area contributed by atoms with Gasteiger partial charge in [-0.25, -0.2) is 0 Å². The van der Waals surface area contributed by atoms with Crippen molar-refractivity contribution in [1.82, 2.24) is 5.32 Å². The second kappa shape index (κ2) is 6.92. The zero-order valence-corrected chi connectivity index (χ0v) is 14.3. The largest absolute Gasteiger partial charge is 0.346 e. The smallest absolute Gasteiger partial charge is 0.253 e. The first-order valence-corrected chi connectivity index (χ1v) is 8.10. The van der Waals surface area contributed by atoms with E-state index in [9.17, 15) is 4.79 Å². The van der Waals surface area contributed by atoms with Crippen molar-refractivity contribution in [1.29, 1.82) is 0 Å². The van der Waals surface area contributed by atoms with Gasteiger partial charge in [-0.05, 0) is 31.0 Å². The van der Waals surface area contributed by atoms with Crippen LogP contribution in [0.4, 0.5) is 0 Å². The molecule has 0 bridgehead atoms. The van der Waals surface area contributed by atoms with Crippen LogP contribution in [0.5, 0.6) is 0 Å². The van der Waals surface area contributed by atoms with Crippen LogP contribution in [-0.2, 0) is 0 Å². The number of nitrogens with one attached hydrogen (secondary N) is 1. The molecule has 5 heteroatoms. The van der Waals surface area contributed by atoms with Gasteiger partial charge >= 0.3 is 0 Å². The van der Waals surface area contributed by atoms with E-state index in [2.05, 4.69) is 51.0 Å². The van der Waals surface area contributed by atoms with Crippen molar-refractivity contribution in [2.45, 2.75) is 32.2 Å². The summed E-state index contributed by atoms with van der Waals surface area (Å²) in [7, 11) is 0. The highest BCUT2D eigenvalue weighted by Crippen LogP contribution is 2.24. The van der Waals surface area contributed by atoms with E-state index in [0.29, 0.717) is 10.6 Å².